The number of benzene rings is 1. The molecule has 0 radical (unpaired) electrons. The monoisotopic (exact) mass is 461 g/mol. The largest absolute Gasteiger partial charge is 0.473 e. The summed E-state index contributed by atoms with van der Waals surface area (Å²) >= 11 is 8.28. The second-order valence-corrected chi connectivity index (χ2v) is 11.0. The van der Waals surface area contributed by atoms with Crippen molar-refractivity contribution in [3.05, 3.63) is 41.2 Å². The Bertz CT molecular complexity index is 890. The van der Waals surface area contributed by atoms with Crippen LogP contribution in [-0.4, -0.2) is 52.3 Å². The molecule has 3 fully saturated rings. The van der Waals surface area contributed by atoms with Gasteiger partial charge in [-0.25, -0.2) is 4.39 Å². The summed E-state index contributed by atoms with van der Waals surface area (Å²) in [6, 6.07) is 7.84. The van der Waals surface area contributed by atoms with Gasteiger partial charge in [-0.15, -0.1) is 10.2 Å². The summed E-state index contributed by atoms with van der Waals surface area (Å²) in [4.78, 5) is 2.70. The van der Waals surface area contributed by atoms with E-state index in [1.807, 2.05) is 0 Å². The average molecular weight is 462 g/mol. The van der Waals surface area contributed by atoms with Gasteiger partial charge in [0, 0.05) is 18.2 Å². The smallest absolute Gasteiger partial charge is 0.233 e. The Kier molecular flexibility index (Phi) is 6.40. The molecule has 1 aromatic carbocycles. The van der Waals surface area contributed by atoms with E-state index in [1.54, 1.807) is 12.1 Å². The molecule has 31 heavy (non-hydrogen) atoms. The van der Waals surface area contributed by atoms with Gasteiger partial charge in [0.1, 0.15) is 11.9 Å². The van der Waals surface area contributed by atoms with E-state index in [-0.39, 0.29) is 11.9 Å². The van der Waals surface area contributed by atoms with Crippen LogP contribution >= 0.6 is 23.4 Å². The number of thioether (sulfide) groups is 1. The Morgan fingerprint density at radius 2 is 1.87 bits per heavy atom. The average Bonchev–Trinajstić information content (AvgIpc) is 2.77. The lowest BCUT2D eigenvalue weighted by atomic mass is 9.61. The molecule has 0 bridgehead atoms. The first kappa shape index (κ1) is 21.5. The molecule has 0 amide bonds. The molecule has 166 valence electrons. The third-order valence-corrected chi connectivity index (χ3v) is 8.61. The zero-order chi connectivity index (χ0) is 21.3. The Hall–Kier alpha value is -1.37. The van der Waals surface area contributed by atoms with Crippen LogP contribution in [0.15, 0.2) is 30.3 Å². The number of hydrogen-bond acceptors (Lipinski definition) is 5. The van der Waals surface area contributed by atoms with Gasteiger partial charge in [-0.2, -0.15) is 11.8 Å². The molecular formula is C24H29ClFN3OS. The van der Waals surface area contributed by atoms with Gasteiger partial charge >= 0.3 is 0 Å². The van der Waals surface area contributed by atoms with E-state index in [0.717, 1.165) is 18.8 Å². The zero-order valence-corrected chi connectivity index (χ0v) is 19.3. The second-order valence-electron chi connectivity index (χ2n) is 9.39. The highest BCUT2D eigenvalue weighted by molar-refractivity contribution is 7.99. The number of nitrogens with zero attached hydrogens (tertiary/aromatic N) is 3. The lowest BCUT2D eigenvalue weighted by molar-refractivity contribution is -0.0589. The van der Waals surface area contributed by atoms with Crippen LogP contribution in [0.3, 0.4) is 0 Å². The summed E-state index contributed by atoms with van der Waals surface area (Å²) in [6.45, 7) is 3.77. The van der Waals surface area contributed by atoms with Crippen molar-refractivity contribution in [3.63, 3.8) is 0 Å². The second kappa shape index (κ2) is 9.24. The number of aromatic nitrogens is 2. The highest BCUT2D eigenvalue weighted by Crippen LogP contribution is 2.50. The fraction of sp³-hybridized carbons (Fsp3) is 0.583. The number of rotatable bonds is 5. The van der Waals surface area contributed by atoms with Crippen LogP contribution in [0, 0.1) is 17.2 Å². The van der Waals surface area contributed by atoms with Gasteiger partial charge in [-0.05, 0) is 98.7 Å². The quantitative estimate of drug-likeness (QED) is 0.570. The lowest BCUT2D eigenvalue weighted by Gasteiger charge is -2.52. The van der Waals surface area contributed by atoms with E-state index in [2.05, 4.69) is 26.9 Å². The van der Waals surface area contributed by atoms with Crippen molar-refractivity contribution >= 4 is 23.4 Å². The van der Waals surface area contributed by atoms with Crippen molar-refractivity contribution in [2.24, 2.45) is 11.3 Å². The van der Waals surface area contributed by atoms with Gasteiger partial charge in [0.2, 0.25) is 5.88 Å². The molecule has 0 unspecified atom stereocenters. The number of hydrogen-bond donors (Lipinski definition) is 0. The minimum atomic E-state index is -0.343. The summed E-state index contributed by atoms with van der Waals surface area (Å²) in [6.07, 6.45) is 7.81. The van der Waals surface area contributed by atoms with Crippen molar-refractivity contribution in [1.29, 1.82) is 0 Å². The molecule has 0 N–H and O–H groups in total. The Labute approximate surface area is 192 Å². The fourth-order valence-electron chi connectivity index (χ4n) is 5.29. The Balaban J connectivity index is 1.10. The number of halogens is 2. The SMILES string of the molecule is Fc1ccc(Cl)c(-c2ccc(OC3CC4(CCN(CC5CCSCC5)CC4)C3)nn2)c1. The molecule has 1 saturated carbocycles. The Morgan fingerprint density at radius 3 is 2.58 bits per heavy atom. The van der Waals surface area contributed by atoms with Crippen LogP contribution in [0.4, 0.5) is 4.39 Å². The van der Waals surface area contributed by atoms with Crippen molar-refractivity contribution in [1.82, 2.24) is 15.1 Å². The van der Waals surface area contributed by atoms with Crippen LogP contribution in [-0.2, 0) is 0 Å². The molecule has 2 saturated heterocycles. The van der Waals surface area contributed by atoms with Gasteiger partial charge in [0.15, 0.2) is 0 Å². The summed E-state index contributed by atoms with van der Waals surface area (Å²) in [5.41, 5.74) is 1.55. The van der Waals surface area contributed by atoms with Crippen LogP contribution in [0.5, 0.6) is 5.88 Å². The first-order valence-corrected chi connectivity index (χ1v) is 12.9. The van der Waals surface area contributed by atoms with E-state index >= 15 is 0 Å². The highest BCUT2D eigenvalue weighted by atomic mass is 35.5. The predicted molar refractivity (Wildman–Crippen MR) is 124 cm³/mol. The third-order valence-electron chi connectivity index (χ3n) is 7.23. The van der Waals surface area contributed by atoms with Crippen LogP contribution in [0.1, 0.15) is 38.5 Å². The standard InChI is InChI=1S/C24H29ClFN3OS/c25-21-2-1-18(26)13-20(21)22-3-4-23(28-27-22)30-19-14-24(15-19)7-9-29(10-8-24)16-17-5-11-31-12-6-17/h1-4,13,17,19H,5-12,14-16H2. The molecule has 1 aromatic heterocycles. The maximum atomic E-state index is 13.5. The van der Waals surface area contributed by atoms with Crippen molar-refractivity contribution in [2.75, 3.05) is 31.1 Å². The molecule has 0 atom stereocenters. The van der Waals surface area contributed by atoms with Crippen molar-refractivity contribution in [2.45, 2.75) is 44.6 Å². The molecule has 2 aromatic rings. The van der Waals surface area contributed by atoms with E-state index in [0.29, 0.717) is 27.6 Å². The highest BCUT2D eigenvalue weighted by Gasteiger charge is 2.47. The summed E-state index contributed by atoms with van der Waals surface area (Å²) < 4.78 is 19.6. The lowest BCUT2D eigenvalue weighted by Crippen LogP contribution is -2.51. The van der Waals surface area contributed by atoms with Crippen molar-refractivity contribution in [3.8, 4) is 17.1 Å². The van der Waals surface area contributed by atoms with E-state index in [4.69, 9.17) is 16.3 Å². The third kappa shape index (κ3) is 5.01. The van der Waals surface area contributed by atoms with Crippen molar-refractivity contribution < 1.29 is 9.13 Å². The summed E-state index contributed by atoms with van der Waals surface area (Å²) in [5, 5.41) is 8.85. The minimum Gasteiger partial charge on any atom is -0.473 e. The van der Waals surface area contributed by atoms with Gasteiger partial charge in [0.05, 0.1) is 10.7 Å². The molecule has 1 aliphatic carbocycles. The minimum absolute atomic E-state index is 0.222. The number of piperidine rings is 1. The molecule has 3 heterocycles. The fourth-order valence-corrected chi connectivity index (χ4v) is 6.71. The topological polar surface area (TPSA) is 38.2 Å². The first-order chi connectivity index (χ1) is 15.1. The maximum Gasteiger partial charge on any atom is 0.233 e. The molecule has 4 nitrogen and oxygen atoms in total. The molecule has 2 aliphatic heterocycles. The van der Waals surface area contributed by atoms with E-state index < -0.39 is 0 Å². The van der Waals surface area contributed by atoms with Gasteiger partial charge in [-0.3, -0.25) is 0 Å². The van der Waals surface area contributed by atoms with Crippen LogP contribution in [0.25, 0.3) is 11.3 Å². The van der Waals surface area contributed by atoms with Gasteiger partial charge < -0.3 is 9.64 Å². The Morgan fingerprint density at radius 1 is 1.10 bits per heavy atom. The van der Waals surface area contributed by atoms with Gasteiger partial charge in [0.25, 0.3) is 0 Å². The summed E-state index contributed by atoms with van der Waals surface area (Å²) in [5.74, 6) is 3.80. The maximum absolute atomic E-state index is 13.5. The van der Waals surface area contributed by atoms with E-state index in [1.165, 1.54) is 75.0 Å². The van der Waals surface area contributed by atoms with E-state index in [9.17, 15) is 4.39 Å². The molecule has 3 aliphatic rings. The number of ether oxygens (including phenoxy) is 1. The molecule has 1 spiro atoms. The first-order valence-electron chi connectivity index (χ1n) is 11.3. The number of likely N-dealkylation sites (tertiary alicyclic amines) is 1. The molecule has 7 heteroatoms. The molecular weight excluding hydrogens is 433 g/mol. The predicted octanol–water partition coefficient (Wildman–Crippen LogP) is 5.70. The van der Waals surface area contributed by atoms with Crippen LogP contribution < -0.4 is 4.74 Å². The normalized spacial score (nSPS) is 22.4. The van der Waals surface area contributed by atoms with Gasteiger partial charge in [-0.1, -0.05) is 11.6 Å². The molecule has 5 rings (SSSR count). The van der Waals surface area contributed by atoms with Crippen LogP contribution in [0.2, 0.25) is 5.02 Å². The summed E-state index contributed by atoms with van der Waals surface area (Å²) in [7, 11) is 0. The zero-order valence-electron chi connectivity index (χ0n) is 17.7.